The van der Waals surface area contributed by atoms with E-state index in [4.69, 9.17) is 14.2 Å². The summed E-state index contributed by atoms with van der Waals surface area (Å²) in [5.41, 5.74) is 0. The first-order valence-electron chi connectivity index (χ1n) is 22.4. The van der Waals surface area contributed by atoms with Crippen molar-refractivity contribution in [2.75, 3.05) is 41.0 Å². The van der Waals surface area contributed by atoms with Crippen LogP contribution in [-0.2, 0) is 28.6 Å². The van der Waals surface area contributed by atoms with E-state index in [1.807, 2.05) is 21.1 Å². The van der Waals surface area contributed by atoms with Gasteiger partial charge in [0.05, 0.1) is 34.4 Å². The molecule has 1 N–H and O–H groups in total. The third-order valence-electron chi connectivity index (χ3n) is 9.17. The minimum absolute atomic E-state index is 0.0255. The third kappa shape index (κ3) is 39.2. The SMILES string of the molecule is CC/C=C/C/C=C/C/C=C/C/C=C/C/C=C/C/C=C/C/C=C/CCCC(=O)OC(COCCC(C(=O)O)[N+](C)(C)C)COC(=O)CCCCCCC/C=C/C/C=C/CC. The number of carboxylic acids is 1. The van der Waals surface area contributed by atoms with Crippen molar-refractivity contribution in [3.8, 4) is 0 Å². The average molecular weight is 821 g/mol. The number of hydrogen-bond acceptors (Lipinski definition) is 6. The molecule has 59 heavy (non-hydrogen) atoms. The van der Waals surface area contributed by atoms with Crippen molar-refractivity contribution in [3.05, 3.63) is 109 Å². The van der Waals surface area contributed by atoms with E-state index in [1.54, 1.807) is 0 Å². The summed E-state index contributed by atoms with van der Waals surface area (Å²) in [6.45, 7) is 4.40. The van der Waals surface area contributed by atoms with Crippen LogP contribution in [0.5, 0.6) is 0 Å². The van der Waals surface area contributed by atoms with E-state index in [-0.39, 0.29) is 42.7 Å². The summed E-state index contributed by atoms with van der Waals surface area (Å²) in [6, 6.07) is -0.634. The van der Waals surface area contributed by atoms with Crippen LogP contribution in [0.3, 0.4) is 0 Å². The molecule has 8 nitrogen and oxygen atoms in total. The number of allylic oxidation sites excluding steroid dienone is 18. The predicted molar refractivity (Wildman–Crippen MR) is 247 cm³/mol. The van der Waals surface area contributed by atoms with E-state index in [0.717, 1.165) is 103 Å². The predicted octanol–water partition coefficient (Wildman–Crippen LogP) is 12.5. The van der Waals surface area contributed by atoms with Gasteiger partial charge < -0.3 is 23.8 Å². The molecule has 0 aliphatic heterocycles. The molecule has 332 valence electrons. The molecule has 0 heterocycles. The monoisotopic (exact) mass is 821 g/mol. The lowest BCUT2D eigenvalue weighted by atomic mass is 10.1. The van der Waals surface area contributed by atoms with Gasteiger partial charge in [0.2, 0.25) is 0 Å². The molecule has 0 aromatic heterocycles. The number of esters is 2. The van der Waals surface area contributed by atoms with Crippen LogP contribution in [0.4, 0.5) is 0 Å². The second-order valence-corrected chi connectivity index (χ2v) is 15.5. The van der Waals surface area contributed by atoms with Gasteiger partial charge in [-0.1, -0.05) is 142 Å². The maximum absolute atomic E-state index is 12.7. The Kier molecular flexibility index (Phi) is 38.0. The zero-order valence-electron chi connectivity index (χ0n) is 37.7. The largest absolute Gasteiger partial charge is 0.477 e. The van der Waals surface area contributed by atoms with Gasteiger partial charge in [0, 0.05) is 19.3 Å². The summed E-state index contributed by atoms with van der Waals surface area (Å²) >= 11 is 0. The number of carbonyl (C=O) groups is 3. The molecule has 0 amide bonds. The summed E-state index contributed by atoms with van der Waals surface area (Å²) < 4.78 is 17.2. The topological polar surface area (TPSA) is 99.1 Å². The molecule has 0 radical (unpaired) electrons. The van der Waals surface area contributed by atoms with Crippen molar-refractivity contribution in [1.82, 2.24) is 0 Å². The molecule has 0 fully saturated rings. The summed E-state index contributed by atoms with van der Waals surface area (Å²) in [6.07, 6.45) is 55.8. The van der Waals surface area contributed by atoms with Crippen molar-refractivity contribution < 1.29 is 38.2 Å². The number of likely N-dealkylation sites (N-methyl/N-ethyl adjacent to an activating group) is 1. The molecule has 8 heteroatoms. The molecule has 0 saturated heterocycles. The van der Waals surface area contributed by atoms with Crippen LogP contribution >= 0.6 is 0 Å². The number of carbonyl (C=O) groups excluding carboxylic acids is 2. The maximum Gasteiger partial charge on any atom is 0.362 e. The molecular weight excluding hydrogens is 739 g/mol. The molecule has 0 aliphatic rings. The van der Waals surface area contributed by atoms with Gasteiger partial charge in [-0.25, -0.2) is 4.79 Å². The molecule has 0 saturated carbocycles. The molecule has 0 aromatic rings. The number of unbranched alkanes of at least 4 members (excludes halogenated alkanes) is 6. The molecule has 0 aliphatic carbocycles. The molecule has 0 rings (SSSR count). The van der Waals surface area contributed by atoms with E-state index < -0.39 is 18.1 Å². The fourth-order valence-corrected chi connectivity index (χ4v) is 5.76. The van der Waals surface area contributed by atoms with Crippen LogP contribution in [0.25, 0.3) is 0 Å². The molecule has 2 unspecified atom stereocenters. The lowest BCUT2D eigenvalue weighted by molar-refractivity contribution is -0.887. The minimum Gasteiger partial charge on any atom is -0.477 e. The van der Waals surface area contributed by atoms with Gasteiger partial charge in [0.15, 0.2) is 12.1 Å². The van der Waals surface area contributed by atoms with Gasteiger partial charge in [-0.3, -0.25) is 9.59 Å². The minimum atomic E-state index is -0.892. The maximum atomic E-state index is 12.7. The van der Waals surface area contributed by atoms with Gasteiger partial charge in [-0.2, -0.15) is 0 Å². The standard InChI is InChI=1S/C51H81NO7/c1-6-8-10-12-14-16-18-20-21-22-23-24-25-26-27-28-29-30-32-34-36-38-40-42-50(54)59-47(45-57-44-43-48(51(55)56)52(3,4)5)46-58-49(53)41-39-37-35-33-31-19-17-15-13-11-9-7-2/h8-11,14-17,20-21,23-24,26-27,29-30,34,36,47-48H,6-7,12-13,18-19,22,25,28,31-33,35,37-46H2,1-5H3/p+1/b10-8+,11-9+,16-14+,17-15+,21-20+,24-23+,27-26+,30-29+,36-34+. The molecular formula is C51H82NO7+. The van der Waals surface area contributed by atoms with E-state index in [2.05, 4.69) is 123 Å². The summed E-state index contributed by atoms with van der Waals surface area (Å²) in [5, 5.41) is 9.62. The lowest BCUT2D eigenvalue weighted by Crippen LogP contribution is -2.50. The summed E-state index contributed by atoms with van der Waals surface area (Å²) in [4.78, 5) is 36.9. The number of rotatable bonds is 38. The van der Waals surface area contributed by atoms with Crippen LogP contribution in [0.15, 0.2) is 109 Å². The van der Waals surface area contributed by atoms with Crippen molar-refractivity contribution in [3.63, 3.8) is 0 Å². The van der Waals surface area contributed by atoms with E-state index in [0.29, 0.717) is 19.3 Å². The zero-order chi connectivity index (χ0) is 43.5. The quantitative estimate of drug-likeness (QED) is 0.0287. The van der Waals surface area contributed by atoms with Crippen LogP contribution in [0, 0.1) is 0 Å². The molecule has 2 atom stereocenters. The highest BCUT2D eigenvalue weighted by Gasteiger charge is 2.31. The zero-order valence-corrected chi connectivity index (χ0v) is 37.7. The van der Waals surface area contributed by atoms with Gasteiger partial charge in [-0.15, -0.1) is 0 Å². The van der Waals surface area contributed by atoms with Crippen LogP contribution < -0.4 is 0 Å². The van der Waals surface area contributed by atoms with Gasteiger partial charge in [-0.05, 0) is 89.9 Å². The first-order valence-corrected chi connectivity index (χ1v) is 22.4. The Hall–Kier alpha value is -4.01. The molecule has 0 aromatic carbocycles. The highest BCUT2D eigenvalue weighted by molar-refractivity contribution is 5.72. The third-order valence-corrected chi connectivity index (χ3v) is 9.17. The first-order chi connectivity index (χ1) is 28.6. The highest BCUT2D eigenvalue weighted by atomic mass is 16.6. The van der Waals surface area contributed by atoms with Crippen molar-refractivity contribution >= 4 is 17.9 Å². The Morgan fingerprint density at radius 2 is 0.915 bits per heavy atom. The number of aliphatic carboxylic acids is 1. The van der Waals surface area contributed by atoms with E-state index in [9.17, 15) is 19.5 Å². The van der Waals surface area contributed by atoms with Gasteiger partial charge in [0.25, 0.3) is 0 Å². The van der Waals surface area contributed by atoms with E-state index >= 15 is 0 Å². The fourth-order valence-electron chi connectivity index (χ4n) is 5.76. The Labute approximate surface area is 359 Å². The fraction of sp³-hybridized carbons (Fsp3) is 0.588. The van der Waals surface area contributed by atoms with Crippen LogP contribution in [0.1, 0.15) is 142 Å². The Balaban J connectivity index is 4.47. The number of nitrogens with zero attached hydrogens (tertiary/aromatic N) is 1. The number of hydrogen-bond donors (Lipinski definition) is 1. The smallest absolute Gasteiger partial charge is 0.362 e. The number of ether oxygens (including phenoxy) is 3. The molecule has 0 bridgehead atoms. The second kappa shape index (κ2) is 40.8. The first kappa shape index (κ1) is 55.0. The second-order valence-electron chi connectivity index (χ2n) is 15.5. The van der Waals surface area contributed by atoms with Gasteiger partial charge >= 0.3 is 17.9 Å². The van der Waals surface area contributed by atoms with Crippen molar-refractivity contribution in [1.29, 1.82) is 0 Å². The average Bonchev–Trinajstić information content (AvgIpc) is 3.19. The van der Waals surface area contributed by atoms with E-state index in [1.165, 1.54) is 0 Å². The van der Waals surface area contributed by atoms with Crippen LogP contribution in [-0.4, -0.2) is 80.6 Å². The summed E-state index contributed by atoms with van der Waals surface area (Å²) in [5.74, 6) is -1.58. The Bertz CT molecular complexity index is 1330. The summed E-state index contributed by atoms with van der Waals surface area (Å²) in [7, 11) is 5.49. The van der Waals surface area contributed by atoms with Crippen LogP contribution in [0.2, 0.25) is 0 Å². The Morgan fingerprint density at radius 3 is 1.37 bits per heavy atom. The highest BCUT2D eigenvalue weighted by Crippen LogP contribution is 2.12. The number of quaternary nitrogens is 1. The van der Waals surface area contributed by atoms with Gasteiger partial charge in [0.1, 0.15) is 6.61 Å². The lowest BCUT2D eigenvalue weighted by Gasteiger charge is -2.31. The van der Waals surface area contributed by atoms with Crippen molar-refractivity contribution in [2.24, 2.45) is 0 Å². The Morgan fingerprint density at radius 1 is 0.508 bits per heavy atom. The molecule has 0 spiro atoms. The number of carboxylic acid groups (broad SMARTS) is 1. The van der Waals surface area contributed by atoms with Crippen molar-refractivity contribution in [2.45, 2.75) is 154 Å². The normalized spacial score (nSPS) is 14.0.